The topological polar surface area (TPSA) is 54.0 Å². The molecule has 0 bridgehead atoms. The van der Waals surface area contributed by atoms with Gasteiger partial charge in [-0.25, -0.2) is 4.98 Å². The molecule has 0 atom stereocenters. The third-order valence-electron chi connectivity index (χ3n) is 3.39. The average Bonchev–Trinajstić information content (AvgIpc) is 2.86. The number of aromatic nitrogens is 1. The molecule has 2 N–H and O–H groups in total. The van der Waals surface area contributed by atoms with E-state index in [1.54, 1.807) is 6.20 Å². The maximum atomic E-state index is 12.0. The van der Waals surface area contributed by atoms with Crippen LogP contribution >= 0.6 is 36.2 Å². The van der Waals surface area contributed by atoms with Crippen LogP contribution in [0.25, 0.3) is 0 Å². The first kappa shape index (κ1) is 18.9. The Balaban J connectivity index is 0.00000121. The number of rotatable bonds is 5. The van der Waals surface area contributed by atoms with E-state index in [1.807, 2.05) is 18.2 Å². The van der Waals surface area contributed by atoms with Gasteiger partial charge in [-0.2, -0.15) is 0 Å². The summed E-state index contributed by atoms with van der Waals surface area (Å²) in [6, 6.07) is 10.2. The van der Waals surface area contributed by atoms with Crippen molar-refractivity contribution in [2.75, 3.05) is 19.6 Å². The highest BCUT2D eigenvalue weighted by molar-refractivity contribution is 7.13. The lowest BCUT2D eigenvalue weighted by atomic mass is 10.0. The van der Waals surface area contributed by atoms with E-state index in [-0.39, 0.29) is 30.7 Å². The molecule has 0 radical (unpaired) electrons. The summed E-state index contributed by atoms with van der Waals surface area (Å²) in [7, 11) is 0. The Morgan fingerprint density at radius 3 is 2.64 bits per heavy atom. The molecule has 1 aliphatic heterocycles. The first-order valence-corrected chi connectivity index (χ1v) is 7.60. The van der Waals surface area contributed by atoms with Crippen LogP contribution in [0.2, 0.25) is 0 Å². The molecule has 3 rings (SSSR count). The highest BCUT2D eigenvalue weighted by atomic mass is 35.5. The molecular formula is C15H19Cl2N3OS. The molecule has 0 unspecified atom stereocenters. The molecule has 2 aromatic rings. The highest BCUT2D eigenvalue weighted by Gasteiger charge is 2.18. The zero-order valence-corrected chi connectivity index (χ0v) is 14.4. The van der Waals surface area contributed by atoms with Gasteiger partial charge in [-0.3, -0.25) is 4.79 Å². The number of carbonyl (C=O) groups is 1. The van der Waals surface area contributed by atoms with Crippen molar-refractivity contribution in [1.82, 2.24) is 15.6 Å². The van der Waals surface area contributed by atoms with Crippen molar-refractivity contribution in [3.63, 3.8) is 0 Å². The van der Waals surface area contributed by atoms with E-state index in [2.05, 4.69) is 27.8 Å². The lowest BCUT2D eigenvalue weighted by Crippen LogP contribution is -2.48. The van der Waals surface area contributed by atoms with Crippen LogP contribution in [0.5, 0.6) is 0 Å². The summed E-state index contributed by atoms with van der Waals surface area (Å²) >= 11 is 1.47. The van der Waals surface area contributed by atoms with Crippen molar-refractivity contribution in [2.24, 2.45) is 5.92 Å². The van der Waals surface area contributed by atoms with E-state index in [9.17, 15) is 4.79 Å². The van der Waals surface area contributed by atoms with E-state index in [0.29, 0.717) is 10.8 Å². The molecule has 22 heavy (non-hydrogen) atoms. The number of nitrogens with one attached hydrogen (secondary N) is 2. The SMILES string of the molecule is Cl.Cl.O=C(NCC1CNC1)c1cnc(Cc2ccccc2)s1. The fourth-order valence-electron chi connectivity index (χ4n) is 2.08. The van der Waals surface area contributed by atoms with Gasteiger partial charge in [0.25, 0.3) is 5.91 Å². The minimum Gasteiger partial charge on any atom is -0.351 e. The van der Waals surface area contributed by atoms with Crippen LogP contribution in [-0.4, -0.2) is 30.5 Å². The number of hydrogen-bond donors (Lipinski definition) is 2. The Labute approximate surface area is 146 Å². The van der Waals surface area contributed by atoms with Gasteiger partial charge in [0.2, 0.25) is 0 Å². The molecule has 7 heteroatoms. The molecule has 1 aromatic carbocycles. The van der Waals surface area contributed by atoms with Crippen molar-refractivity contribution < 1.29 is 4.79 Å². The van der Waals surface area contributed by atoms with Crippen molar-refractivity contribution in [3.8, 4) is 0 Å². The molecular weight excluding hydrogens is 341 g/mol. The van der Waals surface area contributed by atoms with E-state index in [4.69, 9.17) is 0 Å². The Hall–Kier alpha value is -1.14. The van der Waals surface area contributed by atoms with Crippen LogP contribution in [0, 0.1) is 5.92 Å². The molecule has 1 saturated heterocycles. The lowest BCUT2D eigenvalue weighted by molar-refractivity contribution is 0.0946. The third-order valence-corrected chi connectivity index (χ3v) is 4.39. The number of amides is 1. The number of halogens is 2. The average molecular weight is 360 g/mol. The fraction of sp³-hybridized carbons (Fsp3) is 0.333. The summed E-state index contributed by atoms with van der Waals surface area (Å²) in [5, 5.41) is 7.14. The summed E-state index contributed by atoms with van der Waals surface area (Å²) in [6.45, 7) is 2.75. The third kappa shape index (κ3) is 4.95. The second-order valence-corrected chi connectivity index (χ2v) is 6.13. The highest BCUT2D eigenvalue weighted by Crippen LogP contribution is 2.17. The van der Waals surface area contributed by atoms with Crippen LogP contribution in [-0.2, 0) is 6.42 Å². The Morgan fingerprint density at radius 1 is 1.27 bits per heavy atom. The van der Waals surface area contributed by atoms with Gasteiger partial charge in [-0.15, -0.1) is 36.2 Å². The Bertz CT molecular complexity index is 587. The van der Waals surface area contributed by atoms with Gasteiger partial charge in [0.05, 0.1) is 11.2 Å². The molecule has 2 heterocycles. The van der Waals surface area contributed by atoms with Gasteiger partial charge in [-0.05, 0) is 5.56 Å². The van der Waals surface area contributed by atoms with E-state index in [0.717, 1.165) is 31.1 Å². The molecule has 0 spiro atoms. The van der Waals surface area contributed by atoms with Gasteiger partial charge in [0.15, 0.2) is 0 Å². The lowest BCUT2D eigenvalue weighted by Gasteiger charge is -2.26. The largest absolute Gasteiger partial charge is 0.351 e. The number of nitrogens with zero attached hydrogens (tertiary/aromatic N) is 1. The van der Waals surface area contributed by atoms with Gasteiger partial charge < -0.3 is 10.6 Å². The summed E-state index contributed by atoms with van der Waals surface area (Å²) in [4.78, 5) is 17.0. The quantitative estimate of drug-likeness (QED) is 0.862. The van der Waals surface area contributed by atoms with Crippen molar-refractivity contribution in [2.45, 2.75) is 6.42 Å². The number of carbonyl (C=O) groups excluding carboxylic acids is 1. The van der Waals surface area contributed by atoms with Crippen LogP contribution < -0.4 is 10.6 Å². The van der Waals surface area contributed by atoms with Crippen LogP contribution in [0.15, 0.2) is 36.5 Å². The first-order chi connectivity index (χ1) is 9.81. The standard InChI is InChI=1S/C15H17N3OS.2ClH/c19-15(18-9-12-7-16-8-12)13-10-17-14(20-13)6-11-4-2-1-3-5-11;;/h1-5,10,12,16H,6-9H2,(H,18,19);2*1H. The maximum Gasteiger partial charge on any atom is 0.263 e. The number of hydrogen-bond acceptors (Lipinski definition) is 4. The minimum atomic E-state index is -0.00582. The molecule has 1 fully saturated rings. The number of benzene rings is 1. The second-order valence-electron chi connectivity index (χ2n) is 5.01. The monoisotopic (exact) mass is 359 g/mol. The first-order valence-electron chi connectivity index (χ1n) is 6.79. The van der Waals surface area contributed by atoms with Crippen LogP contribution in [0.3, 0.4) is 0 Å². The summed E-state index contributed by atoms with van der Waals surface area (Å²) in [6.07, 6.45) is 2.46. The predicted molar refractivity (Wildman–Crippen MR) is 94.6 cm³/mol. The Kier molecular flexibility index (Phi) is 7.82. The predicted octanol–water partition coefficient (Wildman–Crippen LogP) is 2.53. The molecule has 1 aromatic heterocycles. The van der Waals surface area contributed by atoms with Crippen LogP contribution in [0.4, 0.5) is 0 Å². The molecule has 1 aliphatic rings. The van der Waals surface area contributed by atoms with E-state index in [1.165, 1.54) is 16.9 Å². The number of thiazole rings is 1. The summed E-state index contributed by atoms with van der Waals surface area (Å²) < 4.78 is 0. The zero-order chi connectivity index (χ0) is 13.8. The van der Waals surface area contributed by atoms with Gasteiger partial charge >= 0.3 is 0 Å². The normalized spacial score (nSPS) is 13.5. The second kappa shape index (κ2) is 9.10. The molecule has 120 valence electrons. The smallest absolute Gasteiger partial charge is 0.263 e. The van der Waals surface area contributed by atoms with Gasteiger partial charge in [0.1, 0.15) is 4.88 Å². The molecule has 0 saturated carbocycles. The molecule has 0 aliphatic carbocycles. The van der Waals surface area contributed by atoms with Crippen molar-refractivity contribution >= 4 is 42.1 Å². The fourth-order valence-corrected chi connectivity index (χ4v) is 2.95. The zero-order valence-electron chi connectivity index (χ0n) is 12.0. The van der Waals surface area contributed by atoms with Crippen molar-refractivity contribution in [3.05, 3.63) is 52.0 Å². The minimum absolute atomic E-state index is 0. The molecule has 4 nitrogen and oxygen atoms in total. The van der Waals surface area contributed by atoms with Crippen molar-refractivity contribution in [1.29, 1.82) is 0 Å². The maximum absolute atomic E-state index is 12.0. The van der Waals surface area contributed by atoms with E-state index < -0.39 is 0 Å². The van der Waals surface area contributed by atoms with Crippen LogP contribution in [0.1, 0.15) is 20.2 Å². The van der Waals surface area contributed by atoms with Gasteiger partial charge in [0, 0.05) is 32.0 Å². The van der Waals surface area contributed by atoms with Gasteiger partial charge in [-0.1, -0.05) is 30.3 Å². The summed E-state index contributed by atoms with van der Waals surface area (Å²) in [5.74, 6) is 0.573. The molecule has 1 amide bonds. The van der Waals surface area contributed by atoms with E-state index >= 15 is 0 Å². The summed E-state index contributed by atoms with van der Waals surface area (Å²) in [5.41, 5.74) is 1.22. The Morgan fingerprint density at radius 2 is 2.00 bits per heavy atom.